The highest BCUT2D eigenvalue weighted by atomic mass is 32.2. The second-order valence-electron chi connectivity index (χ2n) is 4.31. The highest BCUT2D eigenvalue weighted by molar-refractivity contribution is 7.89. The summed E-state index contributed by atoms with van der Waals surface area (Å²) < 4.78 is 35.5. The molecule has 0 aliphatic heterocycles. The van der Waals surface area contributed by atoms with E-state index in [4.69, 9.17) is 9.47 Å². The van der Waals surface area contributed by atoms with E-state index in [-0.39, 0.29) is 11.8 Å². The standard InChI is InChI=1S/C11H26N2O4S/c1-11(2)12-5-10-18(14,15)13(6-8-16-3)7-9-17-4/h11-12H,5-10H2,1-4H3. The Morgan fingerprint density at radius 1 is 1.11 bits per heavy atom. The third-order valence-electron chi connectivity index (χ3n) is 2.40. The van der Waals surface area contributed by atoms with Crippen molar-refractivity contribution < 1.29 is 17.9 Å². The van der Waals surface area contributed by atoms with Crippen molar-refractivity contribution in [2.24, 2.45) is 0 Å². The van der Waals surface area contributed by atoms with E-state index in [9.17, 15) is 8.42 Å². The summed E-state index contributed by atoms with van der Waals surface area (Å²) in [5.41, 5.74) is 0. The van der Waals surface area contributed by atoms with Gasteiger partial charge in [-0.25, -0.2) is 8.42 Å². The van der Waals surface area contributed by atoms with Crippen LogP contribution in [0.15, 0.2) is 0 Å². The lowest BCUT2D eigenvalue weighted by molar-refractivity contribution is 0.150. The monoisotopic (exact) mass is 282 g/mol. The Morgan fingerprint density at radius 3 is 2.00 bits per heavy atom. The first-order valence-electron chi connectivity index (χ1n) is 6.13. The van der Waals surface area contributed by atoms with Crippen LogP contribution in [0.25, 0.3) is 0 Å². The van der Waals surface area contributed by atoms with Crippen molar-refractivity contribution in [2.75, 3.05) is 52.8 Å². The van der Waals surface area contributed by atoms with Crippen LogP contribution in [-0.4, -0.2) is 71.6 Å². The van der Waals surface area contributed by atoms with Crippen molar-refractivity contribution in [3.8, 4) is 0 Å². The predicted octanol–water partition coefficient (Wildman–Crippen LogP) is -0.0910. The fraction of sp³-hybridized carbons (Fsp3) is 1.00. The van der Waals surface area contributed by atoms with Crippen LogP contribution in [0.5, 0.6) is 0 Å². The molecule has 1 N–H and O–H groups in total. The van der Waals surface area contributed by atoms with E-state index < -0.39 is 10.0 Å². The molecular formula is C11H26N2O4S. The summed E-state index contributed by atoms with van der Waals surface area (Å²) in [5, 5.41) is 3.10. The lowest BCUT2D eigenvalue weighted by Gasteiger charge is -2.21. The molecule has 0 rings (SSSR count). The second kappa shape index (κ2) is 9.69. The molecule has 0 fully saturated rings. The largest absolute Gasteiger partial charge is 0.383 e. The maximum Gasteiger partial charge on any atom is 0.215 e. The number of ether oxygens (including phenoxy) is 2. The molecule has 0 aliphatic rings. The molecule has 0 unspecified atom stereocenters. The zero-order chi connectivity index (χ0) is 14.0. The first kappa shape index (κ1) is 17.8. The lowest BCUT2D eigenvalue weighted by Crippen LogP contribution is -2.40. The first-order valence-corrected chi connectivity index (χ1v) is 7.74. The number of sulfonamides is 1. The first-order chi connectivity index (χ1) is 8.44. The molecular weight excluding hydrogens is 256 g/mol. The Labute approximate surface area is 111 Å². The molecule has 0 aromatic carbocycles. The number of hydrogen-bond donors (Lipinski definition) is 1. The molecule has 0 aliphatic carbocycles. The Bertz CT molecular complexity index is 285. The Balaban J connectivity index is 4.33. The van der Waals surface area contributed by atoms with E-state index in [1.54, 1.807) is 14.2 Å². The maximum absolute atomic E-state index is 12.1. The average Bonchev–Trinajstić information content (AvgIpc) is 2.28. The molecule has 0 amide bonds. The van der Waals surface area contributed by atoms with Crippen LogP contribution in [0.3, 0.4) is 0 Å². The van der Waals surface area contributed by atoms with Gasteiger partial charge in [0, 0.05) is 39.9 Å². The Morgan fingerprint density at radius 2 is 1.61 bits per heavy atom. The van der Waals surface area contributed by atoms with Crippen molar-refractivity contribution in [1.82, 2.24) is 9.62 Å². The van der Waals surface area contributed by atoms with Gasteiger partial charge >= 0.3 is 0 Å². The molecule has 0 atom stereocenters. The van der Waals surface area contributed by atoms with Gasteiger partial charge in [0.1, 0.15) is 0 Å². The minimum absolute atomic E-state index is 0.0958. The Hall–Kier alpha value is -0.210. The number of nitrogens with one attached hydrogen (secondary N) is 1. The molecule has 7 heteroatoms. The summed E-state index contributed by atoms with van der Waals surface area (Å²) in [7, 11) is -0.138. The third kappa shape index (κ3) is 7.99. The van der Waals surface area contributed by atoms with Crippen LogP contribution in [0, 0.1) is 0 Å². The summed E-state index contributed by atoms with van der Waals surface area (Å²) in [6, 6.07) is 0.284. The van der Waals surface area contributed by atoms with Crippen LogP contribution < -0.4 is 5.32 Å². The molecule has 0 heterocycles. The van der Waals surface area contributed by atoms with E-state index in [1.807, 2.05) is 13.8 Å². The fourth-order valence-corrected chi connectivity index (χ4v) is 2.72. The summed E-state index contributed by atoms with van der Waals surface area (Å²) in [5.74, 6) is 0.0958. The molecule has 0 aromatic heterocycles. The summed E-state index contributed by atoms with van der Waals surface area (Å²) in [4.78, 5) is 0. The number of nitrogens with zero attached hydrogens (tertiary/aromatic N) is 1. The van der Waals surface area contributed by atoms with Crippen LogP contribution >= 0.6 is 0 Å². The summed E-state index contributed by atoms with van der Waals surface area (Å²) >= 11 is 0. The van der Waals surface area contributed by atoms with Gasteiger partial charge in [-0.2, -0.15) is 4.31 Å². The topological polar surface area (TPSA) is 67.9 Å². The minimum Gasteiger partial charge on any atom is -0.383 e. The van der Waals surface area contributed by atoms with Crippen LogP contribution in [-0.2, 0) is 19.5 Å². The Kier molecular flexibility index (Phi) is 9.57. The molecule has 0 radical (unpaired) electrons. The summed E-state index contributed by atoms with van der Waals surface area (Å²) in [6.07, 6.45) is 0. The number of hydrogen-bond acceptors (Lipinski definition) is 5. The fourth-order valence-electron chi connectivity index (χ4n) is 1.38. The van der Waals surface area contributed by atoms with Gasteiger partial charge in [0.2, 0.25) is 10.0 Å². The van der Waals surface area contributed by atoms with E-state index in [0.29, 0.717) is 32.8 Å². The van der Waals surface area contributed by atoms with Gasteiger partial charge in [-0.05, 0) is 0 Å². The zero-order valence-corrected chi connectivity index (χ0v) is 12.6. The van der Waals surface area contributed by atoms with Gasteiger partial charge in [0.15, 0.2) is 0 Å². The predicted molar refractivity (Wildman–Crippen MR) is 72.3 cm³/mol. The van der Waals surface area contributed by atoms with Crippen LogP contribution in [0.2, 0.25) is 0 Å². The van der Waals surface area contributed by atoms with E-state index >= 15 is 0 Å². The van der Waals surface area contributed by atoms with E-state index in [1.165, 1.54) is 4.31 Å². The van der Waals surface area contributed by atoms with E-state index in [0.717, 1.165) is 0 Å². The smallest absolute Gasteiger partial charge is 0.215 e. The third-order valence-corrected chi connectivity index (χ3v) is 4.27. The van der Waals surface area contributed by atoms with Gasteiger partial charge in [0.05, 0.1) is 19.0 Å². The molecule has 0 saturated heterocycles. The molecule has 0 bridgehead atoms. The van der Waals surface area contributed by atoms with Crippen molar-refractivity contribution in [3.63, 3.8) is 0 Å². The van der Waals surface area contributed by atoms with Gasteiger partial charge in [-0.1, -0.05) is 13.8 Å². The van der Waals surface area contributed by atoms with Gasteiger partial charge in [-0.3, -0.25) is 0 Å². The van der Waals surface area contributed by atoms with Crippen LogP contribution in [0.4, 0.5) is 0 Å². The molecule has 0 saturated carbocycles. The molecule has 110 valence electrons. The van der Waals surface area contributed by atoms with Crippen LogP contribution in [0.1, 0.15) is 13.8 Å². The summed E-state index contributed by atoms with van der Waals surface area (Å²) in [6.45, 7) is 5.94. The normalized spacial score (nSPS) is 12.6. The molecule has 6 nitrogen and oxygen atoms in total. The van der Waals surface area contributed by atoms with Crippen molar-refractivity contribution in [1.29, 1.82) is 0 Å². The molecule has 0 spiro atoms. The van der Waals surface area contributed by atoms with Gasteiger partial charge < -0.3 is 14.8 Å². The SMILES string of the molecule is COCCN(CCOC)S(=O)(=O)CCNC(C)C. The van der Waals surface area contributed by atoms with E-state index in [2.05, 4.69) is 5.32 Å². The maximum atomic E-state index is 12.1. The molecule has 18 heavy (non-hydrogen) atoms. The second-order valence-corrected chi connectivity index (χ2v) is 6.40. The highest BCUT2D eigenvalue weighted by Gasteiger charge is 2.21. The minimum atomic E-state index is -3.25. The van der Waals surface area contributed by atoms with Gasteiger partial charge in [-0.15, -0.1) is 0 Å². The van der Waals surface area contributed by atoms with Crippen molar-refractivity contribution >= 4 is 10.0 Å². The van der Waals surface area contributed by atoms with Gasteiger partial charge in [0.25, 0.3) is 0 Å². The number of rotatable bonds is 11. The zero-order valence-electron chi connectivity index (χ0n) is 11.8. The molecule has 0 aromatic rings. The lowest BCUT2D eigenvalue weighted by atomic mass is 10.4. The highest BCUT2D eigenvalue weighted by Crippen LogP contribution is 2.01. The van der Waals surface area contributed by atoms with Crippen molar-refractivity contribution in [3.05, 3.63) is 0 Å². The van der Waals surface area contributed by atoms with Crippen molar-refractivity contribution in [2.45, 2.75) is 19.9 Å². The average molecular weight is 282 g/mol. The quantitative estimate of drug-likeness (QED) is 0.573. The number of methoxy groups -OCH3 is 2.